The fourth-order valence-electron chi connectivity index (χ4n) is 1.87. The lowest BCUT2D eigenvalue weighted by atomic mass is 10.1. The fraction of sp³-hybridized carbons (Fsp3) is 0.400. The molecule has 88 valence electrons. The molecule has 0 N–H and O–H groups in total. The molecule has 0 aliphatic carbocycles. The highest BCUT2D eigenvalue weighted by molar-refractivity contribution is 9.10. The fourth-order valence-corrected chi connectivity index (χ4v) is 2.33. The summed E-state index contributed by atoms with van der Waals surface area (Å²) in [6.45, 7) is 0.929. The highest BCUT2D eigenvalue weighted by Crippen LogP contribution is 2.29. The van der Waals surface area contributed by atoms with Crippen molar-refractivity contribution in [3.8, 4) is 0 Å². The highest BCUT2D eigenvalue weighted by Gasteiger charge is 2.31. The van der Waals surface area contributed by atoms with Crippen LogP contribution in [-0.2, 0) is 4.79 Å². The third-order valence-corrected chi connectivity index (χ3v) is 3.25. The van der Waals surface area contributed by atoms with Gasteiger partial charge in [-0.05, 0) is 39.5 Å². The van der Waals surface area contributed by atoms with Crippen molar-refractivity contribution in [2.75, 3.05) is 18.0 Å². The number of nitrogens with zero attached hydrogens (tertiary/aromatic N) is 5. The number of hydrogen-bond donors (Lipinski definition) is 0. The molecule has 0 bridgehead atoms. The van der Waals surface area contributed by atoms with Crippen molar-refractivity contribution in [3.05, 3.63) is 33.4 Å². The molecule has 1 aliphatic rings. The van der Waals surface area contributed by atoms with Crippen molar-refractivity contribution >= 4 is 27.5 Å². The van der Waals surface area contributed by atoms with Gasteiger partial charge >= 0.3 is 0 Å². The molecule has 1 amide bonds. The van der Waals surface area contributed by atoms with Crippen molar-refractivity contribution in [1.82, 2.24) is 4.98 Å². The number of amides is 1. The van der Waals surface area contributed by atoms with Gasteiger partial charge in [-0.3, -0.25) is 4.79 Å². The van der Waals surface area contributed by atoms with Crippen LogP contribution < -0.4 is 4.90 Å². The Labute approximate surface area is 106 Å². The maximum Gasteiger partial charge on any atom is 0.227 e. The Bertz CT molecular complexity index is 485. The molecule has 6 nitrogen and oxygen atoms in total. The van der Waals surface area contributed by atoms with Crippen molar-refractivity contribution in [2.24, 2.45) is 11.0 Å². The number of carbonyl (C=O) groups is 1. The van der Waals surface area contributed by atoms with Crippen molar-refractivity contribution in [2.45, 2.75) is 6.42 Å². The molecular formula is C10H10BrN5O. The van der Waals surface area contributed by atoms with Crippen LogP contribution in [0.5, 0.6) is 0 Å². The molecule has 2 heterocycles. The van der Waals surface area contributed by atoms with Crippen molar-refractivity contribution in [3.63, 3.8) is 0 Å². The van der Waals surface area contributed by atoms with Gasteiger partial charge in [0.2, 0.25) is 5.91 Å². The summed E-state index contributed by atoms with van der Waals surface area (Å²) in [6.07, 6.45) is 2.08. The first kappa shape index (κ1) is 11.9. The first-order chi connectivity index (χ1) is 8.22. The average Bonchev–Trinajstić information content (AvgIpc) is 2.68. The number of carbonyl (C=O) groups excluding carboxylic acids is 1. The summed E-state index contributed by atoms with van der Waals surface area (Å²) in [4.78, 5) is 20.3. The van der Waals surface area contributed by atoms with E-state index in [-0.39, 0.29) is 11.8 Å². The monoisotopic (exact) mass is 295 g/mol. The van der Waals surface area contributed by atoms with E-state index in [9.17, 15) is 4.79 Å². The van der Waals surface area contributed by atoms with Crippen molar-refractivity contribution in [1.29, 1.82) is 0 Å². The van der Waals surface area contributed by atoms with E-state index in [1.165, 1.54) is 0 Å². The third kappa shape index (κ3) is 2.57. The maximum absolute atomic E-state index is 11.8. The molecule has 1 aliphatic heterocycles. The van der Waals surface area contributed by atoms with Crippen LogP contribution in [0.2, 0.25) is 0 Å². The van der Waals surface area contributed by atoms with Crippen molar-refractivity contribution < 1.29 is 4.79 Å². The Hall–Kier alpha value is -1.59. The molecule has 1 unspecified atom stereocenters. The smallest absolute Gasteiger partial charge is 0.227 e. The van der Waals surface area contributed by atoms with Gasteiger partial charge in [0.05, 0.1) is 5.69 Å². The van der Waals surface area contributed by atoms with Gasteiger partial charge in [0, 0.05) is 30.6 Å². The second-order valence-electron chi connectivity index (χ2n) is 3.80. The standard InChI is InChI=1S/C10H10BrN5O/c11-10-8(2-1-3-13-10)16-6-7(4-9(16)17)5-14-15-12/h1-3,7H,4-6H2. The van der Waals surface area contributed by atoms with Gasteiger partial charge in [-0.1, -0.05) is 5.11 Å². The minimum absolute atomic E-state index is 0.0387. The van der Waals surface area contributed by atoms with E-state index >= 15 is 0 Å². The molecule has 1 atom stereocenters. The lowest BCUT2D eigenvalue weighted by Gasteiger charge is -2.17. The number of azide groups is 1. The van der Waals surface area contributed by atoms with E-state index in [4.69, 9.17) is 5.53 Å². The van der Waals surface area contributed by atoms with Crippen LogP contribution >= 0.6 is 15.9 Å². The van der Waals surface area contributed by atoms with Crippen LogP contribution in [0.3, 0.4) is 0 Å². The maximum atomic E-state index is 11.8. The second kappa shape index (κ2) is 5.16. The molecule has 1 saturated heterocycles. The minimum Gasteiger partial charge on any atom is -0.310 e. The molecule has 1 fully saturated rings. The van der Waals surface area contributed by atoms with Gasteiger partial charge in [-0.25, -0.2) is 4.98 Å². The van der Waals surface area contributed by atoms with Gasteiger partial charge in [-0.15, -0.1) is 0 Å². The van der Waals surface area contributed by atoms with Gasteiger partial charge in [0.1, 0.15) is 4.60 Å². The lowest BCUT2D eigenvalue weighted by molar-refractivity contribution is -0.117. The normalized spacial score (nSPS) is 19.2. The molecule has 0 radical (unpaired) electrons. The minimum atomic E-state index is 0.0387. The Kier molecular flexibility index (Phi) is 3.61. The van der Waals surface area contributed by atoms with E-state index < -0.39 is 0 Å². The summed E-state index contributed by atoms with van der Waals surface area (Å²) in [6, 6.07) is 3.62. The van der Waals surface area contributed by atoms with Gasteiger partial charge in [-0.2, -0.15) is 0 Å². The van der Waals surface area contributed by atoms with Gasteiger partial charge < -0.3 is 4.90 Å². The van der Waals surface area contributed by atoms with Gasteiger partial charge in [0.15, 0.2) is 0 Å². The molecular weight excluding hydrogens is 286 g/mol. The summed E-state index contributed by atoms with van der Waals surface area (Å²) in [7, 11) is 0. The molecule has 1 aromatic heterocycles. The molecule has 0 aromatic carbocycles. The van der Waals surface area contributed by atoms with E-state index in [1.807, 2.05) is 6.07 Å². The summed E-state index contributed by atoms with van der Waals surface area (Å²) >= 11 is 3.32. The first-order valence-corrected chi connectivity index (χ1v) is 5.93. The predicted octanol–water partition coefficient (Wildman–Crippen LogP) is 2.51. The Balaban J connectivity index is 2.16. The summed E-state index contributed by atoms with van der Waals surface area (Å²) in [5, 5.41) is 3.51. The lowest BCUT2D eigenvalue weighted by Crippen LogP contribution is -2.25. The topological polar surface area (TPSA) is 82.0 Å². The number of halogens is 1. The zero-order chi connectivity index (χ0) is 12.3. The highest BCUT2D eigenvalue weighted by atomic mass is 79.9. The molecule has 2 rings (SSSR count). The van der Waals surface area contributed by atoms with Crippen LogP contribution in [0.1, 0.15) is 6.42 Å². The zero-order valence-electron chi connectivity index (χ0n) is 8.95. The number of anilines is 1. The summed E-state index contributed by atoms with van der Waals surface area (Å²) < 4.78 is 0.651. The Morgan fingerprint density at radius 1 is 1.71 bits per heavy atom. The molecule has 17 heavy (non-hydrogen) atoms. The zero-order valence-corrected chi connectivity index (χ0v) is 10.5. The van der Waals surface area contributed by atoms with E-state index in [1.54, 1.807) is 17.2 Å². The van der Waals surface area contributed by atoms with Crippen LogP contribution in [0.25, 0.3) is 10.4 Å². The van der Waals surface area contributed by atoms with Crippen LogP contribution in [0, 0.1) is 5.92 Å². The molecule has 0 spiro atoms. The second-order valence-corrected chi connectivity index (χ2v) is 4.55. The molecule has 7 heteroatoms. The SMILES string of the molecule is [N-]=[N+]=NCC1CC(=O)N(c2cccnc2Br)C1. The number of rotatable bonds is 3. The van der Waals surface area contributed by atoms with E-state index in [2.05, 4.69) is 30.9 Å². The Morgan fingerprint density at radius 3 is 3.24 bits per heavy atom. The van der Waals surface area contributed by atoms with Crippen LogP contribution in [0.15, 0.2) is 28.0 Å². The number of hydrogen-bond acceptors (Lipinski definition) is 3. The largest absolute Gasteiger partial charge is 0.310 e. The first-order valence-electron chi connectivity index (χ1n) is 5.14. The van der Waals surface area contributed by atoms with E-state index in [0.717, 1.165) is 5.69 Å². The third-order valence-electron chi connectivity index (χ3n) is 2.64. The number of pyridine rings is 1. The summed E-state index contributed by atoms with van der Waals surface area (Å²) in [5.41, 5.74) is 9.03. The van der Waals surface area contributed by atoms with Crippen LogP contribution in [0.4, 0.5) is 5.69 Å². The summed E-state index contributed by atoms with van der Waals surface area (Å²) in [5.74, 6) is 0.127. The quantitative estimate of drug-likeness (QED) is 0.371. The predicted molar refractivity (Wildman–Crippen MR) is 66.4 cm³/mol. The molecule has 1 aromatic rings. The van der Waals surface area contributed by atoms with Gasteiger partial charge in [0.25, 0.3) is 0 Å². The number of aromatic nitrogens is 1. The van der Waals surface area contributed by atoms with E-state index in [0.29, 0.717) is 24.1 Å². The Morgan fingerprint density at radius 2 is 2.53 bits per heavy atom. The molecule has 0 saturated carbocycles. The van der Waals surface area contributed by atoms with Crippen LogP contribution in [-0.4, -0.2) is 24.0 Å². The average molecular weight is 296 g/mol.